The highest BCUT2D eigenvalue weighted by Gasteiger charge is 2.61. The molecule has 1 saturated carbocycles. The van der Waals surface area contributed by atoms with Gasteiger partial charge in [0.05, 0.1) is 38.6 Å². The third-order valence-corrected chi connectivity index (χ3v) is 6.39. The van der Waals surface area contributed by atoms with Crippen molar-refractivity contribution < 1.29 is 24.1 Å². The Bertz CT molecular complexity index is 981. The zero-order valence-corrected chi connectivity index (χ0v) is 18.5. The summed E-state index contributed by atoms with van der Waals surface area (Å²) in [6.45, 7) is 1.85. The van der Waals surface area contributed by atoms with Crippen molar-refractivity contribution >= 4 is 0 Å². The van der Waals surface area contributed by atoms with E-state index in [2.05, 4.69) is 12.1 Å². The molecule has 3 aromatic rings. The summed E-state index contributed by atoms with van der Waals surface area (Å²) in [7, 11) is 0. The molecular weight excluding hydrogens is 416 g/mol. The molecule has 5 nitrogen and oxygen atoms in total. The van der Waals surface area contributed by atoms with Gasteiger partial charge in [0.2, 0.25) is 0 Å². The summed E-state index contributed by atoms with van der Waals surface area (Å²) in [6, 6.07) is 30.2. The maximum absolute atomic E-state index is 11.0. The number of ether oxygens (including phenoxy) is 4. The SMILES string of the molecule is O[C@@H]1[C@@H](OCc2ccccc2)[C@H](OCc2ccccc2)[C@@H](COCc2ccccc2)[C@H]2O[C@@H]12. The molecule has 1 heterocycles. The van der Waals surface area contributed by atoms with Crippen molar-refractivity contribution in [1.29, 1.82) is 0 Å². The van der Waals surface area contributed by atoms with Crippen LogP contribution in [0.3, 0.4) is 0 Å². The van der Waals surface area contributed by atoms with Crippen LogP contribution in [0, 0.1) is 5.92 Å². The van der Waals surface area contributed by atoms with E-state index in [-0.39, 0.29) is 24.2 Å². The lowest BCUT2D eigenvalue weighted by atomic mass is 9.82. The summed E-state index contributed by atoms with van der Waals surface area (Å²) in [5, 5.41) is 11.0. The van der Waals surface area contributed by atoms with E-state index in [1.165, 1.54) is 0 Å². The van der Waals surface area contributed by atoms with Crippen LogP contribution in [0.4, 0.5) is 0 Å². The van der Waals surface area contributed by atoms with E-state index >= 15 is 0 Å². The van der Waals surface area contributed by atoms with Crippen LogP contribution in [0.5, 0.6) is 0 Å². The van der Waals surface area contributed by atoms with Crippen molar-refractivity contribution in [3.8, 4) is 0 Å². The minimum atomic E-state index is -0.732. The molecule has 33 heavy (non-hydrogen) atoms. The average Bonchev–Trinajstić information content (AvgIpc) is 3.67. The zero-order valence-electron chi connectivity index (χ0n) is 18.5. The smallest absolute Gasteiger partial charge is 0.113 e. The number of epoxide rings is 1. The number of aliphatic hydroxyl groups excluding tert-OH is 1. The van der Waals surface area contributed by atoms with Gasteiger partial charge in [0.15, 0.2) is 0 Å². The van der Waals surface area contributed by atoms with Crippen LogP contribution in [-0.2, 0) is 38.8 Å². The van der Waals surface area contributed by atoms with Crippen LogP contribution in [-0.4, -0.2) is 42.2 Å². The zero-order chi connectivity index (χ0) is 22.5. The first-order valence-corrected chi connectivity index (χ1v) is 11.6. The molecule has 5 heteroatoms. The van der Waals surface area contributed by atoms with Crippen molar-refractivity contribution in [3.63, 3.8) is 0 Å². The first-order valence-electron chi connectivity index (χ1n) is 11.6. The molecule has 0 spiro atoms. The van der Waals surface area contributed by atoms with E-state index in [0.29, 0.717) is 26.4 Å². The fourth-order valence-corrected chi connectivity index (χ4v) is 4.59. The van der Waals surface area contributed by atoms with Crippen molar-refractivity contribution in [3.05, 3.63) is 108 Å². The Labute approximate surface area is 194 Å². The number of hydrogen-bond donors (Lipinski definition) is 1. The predicted molar refractivity (Wildman–Crippen MR) is 124 cm³/mol. The van der Waals surface area contributed by atoms with E-state index in [1.54, 1.807) is 0 Å². The van der Waals surface area contributed by atoms with Crippen LogP contribution in [0.25, 0.3) is 0 Å². The standard InChI is InChI=1S/C28H30O5/c29-24-27(32-18-22-14-8-3-9-15-22)25(31-17-21-12-6-2-7-13-21)23(26-28(24)33-26)19-30-16-20-10-4-1-5-11-20/h1-15,23-29H,16-19H2/t23-,24-,25-,26-,27-,28+/m1/s1. The number of fused-ring (bicyclic) bond motifs is 1. The van der Waals surface area contributed by atoms with Crippen molar-refractivity contribution in [2.75, 3.05) is 6.61 Å². The lowest BCUT2D eigenvalue weighted by molar-refractivity contribution is -0.170. The fraction of sp³-hybridized carbons (Fsp3) is 0.357. The van der Waals surface area contributed by atoms with Crippen molar-refractivity contribution in [1.82, 2.24) is 0 Å². The van der Waals surface area contributed by atoms with Crippen LogP contribution in [0.15, 0.2) is 91.0 Å². The molecule has 1 aliphatic carbocycles. The highest BCUT2D eigenvalue weighted by molar-refractivity contribution is 5.16. The third-order valence-electron chi connectivity index (χ3n) is 6.39. The molecule has 1 saturated heterocycles. The molecule has 1 aliphatic heterocycles. The first kappa shape index (κ1) is 22.3. The van der Waals surface area contributed by atoms with E-state index in [1.807, 2.05) is 78.9 Å². The maximum atomic E-state index is 11.0. The Morgan fingerprint density at radius 3 is 1.64 bits per heavy atom. The highest BCUT2D eigenvalue weighted by Crippen LogP contribution is 2.44. The monoisotopic (exact) mass is 446 g/mol. The number of hydrogen-bond acceptors (Lipinski definition) is 5. The molecule has 0 bridgehead atoms. The summed E-state index contributed by atoms with van der Waals surface area (Å²) >= 11 is 0. The summed E-state index contributed by atoms with van der Waals surface area (Å²) in [6.07, 6.45) is -1.88. The van der Waals surface area contributed by atoms with E-state index in [4.69, 9.17) is 18.9 Å². The minimum Gasteiger partial charge on any atom is -0.387 e. The molecule has 0 aromatic heterocycles. The molecule has 1 N–H and O–H groups in total. The van der Waals surface area contributed by atoms with E-state index in [9.17, 15) is 5.11 Å². The number of aliphatic hydroxyl groups is 1. The van der Waals surface area contributed by atoms with Gasteiger partial charge in [-0.1, -0.05) is 91.0 Å². The van der Waals surface area contributed by atoms with Gasteiger partial charge in [-0.2, -0.15) is 0 Å². The van der Waals surface area contributed by atoms with Crippen molar-refractivity contribution in [2.24, 2.45) is 5.92 Å². The van der Waals surface area contributed by atoms with Gasteiger partial charge < -0.3 is 24.1 Å². The summed E-state index contributed by atoms with van der Waals surface area (Å²) < 4.78 is 24.6. The van der Waals surface area contributed by atoms with Crippen molar-refractivity contribution in [2.45, 2.75) is 50.3 Å². The quantitative estimate of drug-likeness (QED) is 0.475. The van der Waals surface area contributed by atoms with E-state index < -0.39 is 12.2 Å². The maximum Gasteiger partial charge on any atom is 0.113 e. The molecule has 2 fully saturated rings. The molecule has 0 amide bonds. The second-order valence-corrected chi connectivity index (χ2v) is 8.74. The average molecular weight is 447 g/mol. The largest absolute Gasteiger partial charge is 0.387 e. The second-order valence-electron chi connectivity index (χ2n) is 8.74. The normalized spacial score (nSPS) is 28.3. The molecule has 0 unspecified atom stereocenters. The Morgan fingerprint density at radius 1 is 0.606 bits per heavy atom. The summed E-state index contributed by atoms with van der Waals surface area (Å²) in [5.41, 5.74) is 3.26. The van der Waals surface area contributed by atoms with Crippen LogP contribution < -0.4 is 0 Å². The van der Waals surface area contributed by atoms with Gasteiger partial charge in [-0.25, -0.2) is 0 Å². The molecule has 5 rings (SSSR count). The summed E-state index contributed by atoms with van der Waals surface area (Å²) in [5.74, 6) is -0.0217. The Balaban J connectivity index is 1.29. The Morgan fingerprint density at radius 2 is 1.09 bits per heavy atom. The van der Waals surface area contributed by atoms with Gasteiger partial charge in [-0.15, -0.1) is 0 Å². The number of rotatable bonds is 10. The van der Waals surface area contributed by atoms with Gasteiger partial charge in [-0.3, -0.25) is 0 Å². The molecule has 172 valence electrons. The third kappa shape index (κ3) is 5.52. The van der Waals surface area contributed by atoms with Gasteiger partial charge in [-0.05, 0) is 16.7 Å². The van der Waals surface area contributed by atoms with Gasteiger partial charge in [0, 0.05) is 5.92 Å². The van der Waals surface area contributed by atoms with Crippen LogP contribution in [0.1, 0.15) is 16.7 Å². The lowest BCUT2D eigenvalue weighted by Gasteiger charge is -2.38. The van der Waals surface area contributed by atoms with Crippen LogP contribution >= 0.6 is 0 Å². The fourth-order valence-electron chi connectivity index (χ4n) is 4.59. The number of benzene rings is 3. The minimum absolute atomic E-state index is 0.0217. The van der Waals surface area contributed by atoms with Gasteiger partial charge >= 0.3 is 0 Å². The predicted octanol–water partition coefficient (Wildman–Crippen LogP) is 4.13. The molecule has 3 aromatic carbocycles. The Kier molecular flexibility index (Phi) is 7.15. The highest BCUT2D eigenvalue weighted by atomic mass is 16.6. The van der Waals surface area contributed by atoms with E-state index in [0.717, 1.165) is 16.7 Å². The molecule has 6 atom stereocenters. The topological polar surface area (TPSA) is 60.5 Å². The molecular formula is C28H30O5. The van der Waals surface area contributed by atoms with Gasteiger partial charge in [0.1, 0.15) is 18.3 Å². The molecule has 2 aliphatic rings. The Hall–Kier alpha value is -2.54. The first-order chi connectivity index (χ1) is 16.3. The van der Waals surface area contributed by atoms with Gasteiger partial charge in [0.25, 0.3) is 0 Å². The molecule has 0 radical (unpaired) electrons. The lowest BCUT2D eigenvalue weighted by Crippen LogP contribution is -2.54. The summed E-state index contributed by atoms with van der Waals surface area (Å²) in [4.78, 5) is 0. The van der Waals surface area contributed by atoms with Crippen LogP contribution in [0.2, 0.25) is 0 Å². The second kappa shape index (κ2) is 10.6.